The van der Waals surface area contributed by atoms with Crippen LogP contribution >= 0.6 is 0 Å². The summed E-state index contributed by atoms with van der Waals surface area (Å²) in [6.45, 7) is 0. The Kier molecular flexibility index (Phi) is 1.58. The second-order valence-electron chi connectivity index (χ2n) is 0.686. The highest BCUT2D eigenvalue weighted by Crippen LogP contribution is 1.75. The molecule has 0 saturated carbocycles. The molecule has 0 aromatic carbocycles. The van der Waals surface area contributed by atoms with Gasteiger partial charge in [0.2, 0.25) is 0 Å². The molecule has 2 N–H and O–H groups in total. The van der Waals surface area contributed by atoms with Crippen LogP contribution in [0.1, 0.15) is 0 Å². The Morgan fingerprint density at radius 1 is 1.71 bits per heavy atom. The molecule has 0 aliphatic carbocycles. The number of hydrogen-bond donors (Lipinski definition) is 1. The minimum atomic E-state index is -3.97. The molecule has 0 aliphatic heterocycles. The van der Waals surface area contributed by atoms with E-state index in [1.165, 1.54) is 0 Å². The van der Waals surface area contributed by atoms with E-state index in [-0.39, 0.29) is 0 Å². The number of rotatable bonds is 1. The molecular formula is H2N4O2S. The number of hydrogen-bond acceptors (Lipinski definition) is 2. The molecule has 7 heavy (non-hydrogen) atoms. The number of nitrogens with zero attached hydrogens (tertiary/aromatic N) is 3. The van der Waals surface area contributed by atoms with E-state index in [1.807, 2.05) is 4.91 Å². The van der Waals surface area contributed by atoms with Gasteiger partial charge in [-0.25, -0.2) is 13.6 Å². The van der Waals surface area contributed by atoms with Gasteiger partial charge in [0.15, 0.2) is 0 Å². The lowest BCUT2D eigenvalue weighted by Crippen LogP contribution is -2.05. The van der Waals surface area contributed by atoms with Gasteiger partial charge < -0.3 is 0 Å². The SMILES string of the molecule is [N-]=[N+]=NS(N)(=O)=O. The van der Waals surface area contributed by atoms with Gasteiger partial charge in [0.1, 0.15) is 0 Å². The van der Waals surface area contributed by atoms with Gasteiger partial charge >= 0.3 is 0 Å². The Balaban J connectivity index is 4.44. The molecule has 0 unspecified atom stereocenters. The van der Waals surface area contributed by atoms with E-state index in [9.17, 15) is 8.42 Å². The van der Waals surface area contributed by atoms with E-state index in [1.54, 1.807) is 0 Å². The molecule has 0 radical (unpaired) electrons. The molecule has 0 aromatic heterocycles. The molecule has 0 amide bonds. The second-order valence-corrected chi connectivity index (χ2v) is 1.88. The average Bonchev–Trinajstić information content (AvgIpc) is 1.30. The summed E-state index contributed by atoms with van der Waals surface area (Å²) >= 11 is 0. The van der Waals surface area contributed by atoms with Crippen molar-refractivity contribution in [3.05, 3.63) is 10.4 Å². The minimum Gasteiger partial charge on any atom is -0.222 e. The molecule has 0 atom stereocenters. The lowest BCUT2D eigenvalue weighted by Gasteiger charge is -1.72. The summed E-state index contributed by atoms with van der Waals surface area (Å²) in [6.07, 6.45) is 0. The van der Waals surface area contributed by atoms with Gasteiger partial charge in [-0.05, 0) is 5.53 Å². The zero-order valence-corrected chi connectivity index (χ0v) is 3.96. The summed E-state index contributed by atoms with van der Waals surface area (Å²) in [5.41, 5.74) is 7.40. The van der Waals surface area contributed by atoms with Gasteiger partial charge in [0.05, 0.1) is 0 Å². The summed E-state index contributed by atoms with van der Waals surface area (Å²) in [5.74, 6) is 0. The fourth-order valence-electron chi connectivity index (χ4n) is 0.0509. The molecule has 0 aliphatic rings. The molecule has 0 aromatic rings. The number of nitrogens with two attached hydrogens (primary N) is 1. The first-order chi connectivity index (χ1) is 3.06. The van der Waals surface area contributed by atoms with Crippen LogP contribution in [0.3, 0.4) is 0 Å². The van der Waals surface area contributed by atoms with Crippen LogP contribution in [0, 0.1) is 0 Å². The van der Waals surface area contributed by atoms with E-state index in [2.05, 4.69) is 9.66 Å². The van der Waals surface area contributed by atoms with Crippen molar-refractivity contribution in [3.8, 4) is 0 Å². The molecule has 0 heterocycles. The zero-order valence-electron chi connectivity index (χ0n) is 3.14. The lowest BCUT2D eigenvalue weighted by molar-refractivity contribution is 0.599. The van der Waals surface area contributed by atoms with Crippen LogP contribution in [0.15, 0.2) is 4.52 Å². The minimum absolute atomic E-state index is 1.92. The van der Waals surface area contributed by atoms with E-state index in [0.29, 0.717) is 0 Å². The number of azide groups is 1. The highest BCUT2D eigenvalue weighted by molar-refractivity contribution is 7.87. The third-order valence-electron chi connectivity index (χ3n) is 0.150. The quantitative estimate of drug-likeness (QED) is 0.287. The van der Waals surface area contributed by atoms with Gasteiger partial charge in [0, 0.05) is 9.43 Å². The molecule has 7 heteroatoms. The third-order valence-corrected chi connectivity index (χ3v) is 0.451. The molecule has 0 bridgehead atoms. The first-order valence-corrected chi connectivity index (χ1v) is 2.65. The van der Waals surface area contributed by atoms with Crippen LogP contribution in [0.4, 0.5) is 0 Å². The summed E-state index contributed by atoms with van der Waals surface area (Å²) in [7, 11) is -3.97. The van der Waals surface area contributed by atoms with Gasteiger partial charge in [0.25, 0.3) is 10.2 Å². The molecule has 0 saturated heterocycles. The molecule has 0 spiro atoms. The van der Waals surface area contributed by atoms with Crippen LogP contribution in [-0.4, -0.2) is 8.42 Å². The highest BCUT2D eigenvalue weighted by Gasteiger charge is 1.90. The van der Waals surface area contributed by atoms with Crippen molar-refractivity contribution in [1.82, 2.24) is 0 Å². The summed E-state index contributed by atoms with van der Waals surface area (Å²) in [4.78, 5) is 1.92. The highest BCUT2D eigenvalue weighted by atomic mass is 32.2. The summed E-state index contributed by atoms with van der Waals surface area (Å²) in [6, 6.07) is 0. The Hall–Kier alpha value is -0.780. The van der Waals surface area contributed by atoms with Crippen LogP contribution in [0.2, 0.25) is 0 Å². The molecule has 40 valence electrons. The van der Waals surface area contributed by atoms with Crippen molar-refractivity contribution in [1.29, 1.82) is 0 Å². The first-order valence-electron chi connectivity index (χ1n) is 1.15. The van der Waals surface area contributed by atoms with Crippen LogP contribution < -0.4 is 5.14 Å². The zero-order chi connectivity index (χ0) is 5.91. The van der Waals surface area contributed by atoms with E-state index < -0.39 is 10.2 Å². The van der Waals surface area contributed by atoms with Gasteiger partial charge in [-0.3, -0.25) is 0 Å². The lowest BCUT2D eigenvalue weighted by atomic mass is 13.0. The third kappa shape index (κ3) is 5.22. The fraction of sp³-hybridized carbons (Fsp3) is 0. The van der Waals surface area contributed by atoms with Crippen molar-refractivity contribution in [2.75, 3.05) is 0 Å². The van der Waals surface area contributed by atoms with E-state index in [4.69, 9.17) is 5.53 Å². The summed E-state index contributed by atoms with van der Waals surface area (Å²) < 4.78 is 21.4. The molecule has 6 nitrogen and oxygen atoms in total. The maximum atomic E-state index is 9.59. The van der Waals surface area contributed by atoms with Crippen molar-refractivity contribution in [2.45, 2.75) is 0 Å². The monoisotopic (exact) mass is 122 g/mol. The van der Waals surface area contributed by atoms with Crippen molar-refractivity contribution >= 4 is 10.2 Å². The molecule has 0 rings (SSSR count). The van der Waals surface area contributed by atoms with Crippen molar-refractivity contribution in [2.24, 2.45) is 9.66 Å². The van der Waals surface area contributed by atoms with Crippen LogP contribution in [0.5, 0.6) is 0 Å². The van der Waals surface area contributed by atoms with Crippen LogP contribution in [-0.2, 0) is 10.2 Å². The van der Waals surface area contributed by atoms with E-state index >= 15 is 0 Å². The standard InChI is InChI=1S/H2N4O2S/c1-3-4-7(2,5)6/h(H2,2,5,6). The maximum absolute atomic E-state index is 9.59. The van der Waals surface area contributed by atoms with Gasteiger partial charge in [-0.2, -0.15) is 0 Å². The van der Waals surface area contributed by atoms with Crippen molar-refractivity contribution < 1.29 is 8.42 Å². The maximum Gasteiger partial charge on any atom is 0.297 e. The predicted octanol–water partition coefficient (Wildman–Crippen LogP) is -0.500. The Morgan fingerprint density at radius 2 is 2.14 bits per heavy atom. The van der Waals surface area contributed by atoms with Gasteiger partial charge in [-0.1, -0.05) is 0 Å². The molecule has 0 fully saturated rings. The predicted molar refractivity (Wildman–Crippen MR) is 22.3 cm³/mol. The van der Waals surface area contributed by atoms with Gasteiger partial charge in [-0.15, -0.1) is 0 Å². The van der Waals surface area contributed by atoms with Crippen molar-refractivity contribution in [3.63, 3.8) is 0 Å². The first kappa shape index (κ1) is 6.22. The normalized spacial score (nSPS) is 9.86. The summed E-state index contributed by atoms with van der Waals surface area (Å²) in [5, 5.41) is 4.20. The Labute approximate surface area is 39.7 Å². The van der Waals surface area contributed by atoms with Crippen LogP contribution in [0.25, 0.3) is 10.4 Å². The topological polar surface area (TPSA) is 109 Å². The fourth-order valence-corrected chi connectivity index (χ4v) is 0.153. The largest absolute Gasteiger partial charge is 0.297 e. The van der Waals surface area contributed by atoms with E-state index in [0.717, 1.165) is 0 Å². The second kappa shape index (κ2) is 1.78. The molecular weight excluding hydrogens is 120 g/mol. The smallest absolute Gasteiger partial charge is 0.222 e. The Morgan fingerprint density at radius 3 is 2.14 bits per heavy atom. The Bertz CT molecular complexity index is 182. The average molecular weight is 122 g/mol.